The molecule has 1 unspecified atom stereocenters. The third-order valence-electron chi connectivity index (χ3n) is 5.32. The van der Waals surface area contributed by atoms with Gasteiger partial charge < -0.3 is 24.8 Å². The van der Waals surface area contributed by atoms with Crippen molar-refractivity contribution in [3.05, 3.63) is 58.7 Å². The molecule has 1 fully saturated rings. The highest BCUT2D eigenvalue weighted by atomic mass is 127. The lowest BCUT2D eigenvalue weighted by atomic mass is 10.00. The number of morpholine rings is 1. The van der Waals surface area contributed by atoms with Crippen molar-refractivity contribution in [2.75, 3.05) is 40.4 Å². The fourth-order valence-corrected chi connectivity index (χ4v) is 3.74. The van der Waals surface area contributed by atoms with Gasteiger partial charge >= 0.3 is 0 Å². The van der Waals surface area contributed by atoms with E-state index in [-0.39, 0.29) is 35.8 Å². The molecule has 6 nitrogen and oxygen atoms in total. The Morgan fingerprint density at radius 2 is 2.07 bits per heavy atom. The molecule has 30 heavy (non-hydrogen) atoms. The summed E-state index contributed by atoms with van der Waals surface area (Å²) in [6, 6.07) is 11.9. The second-order valence-electron chi connectivity index (χ2n) is 7.38. The zero-order valence-corrected chi connectivity index (χ0v) is 20.5. The summed E-state index contributed by atoms with van der Waals surface area (Å²) >= 11 is 0. The summed E-state index contributed by atoms with van der Waals surface area (Å²) in [4.78, 5) is 6.69. The Balaban J connectivity index is 0.00000320. The van der Waals surface area contributed by atoms with Crippen LogP contribution in [0.4, 0.5) is 0 Å². The van der Waals surface area contributed by atoms with Crippen LogP contribution in [-0.4, -0.2) is 56.4 Å². The summed E-state index contributed by atoms with van der Waals surface area (Å²) in [5, 5.41) is 13.6. The van der Waals surface area contributed by atoms with E-state index in [1.807, 2.05) is 12.1 Å². The number of rotatable bonds is 5. The van der Waals surface area contributed by atoms with Gasteiger partial charge in [-0.05, 0) is 43.0 Å². The second-order valence-corrected chi connectivity index (χ2v) is 7.38. The summed E-state index contributed by atoms with van der Waals surface area (Å²) in [6.45, 7) is 7.15. The first-order chi connectivity index (χ1) is 14.0. The normalized spacial score (nSPS) is 16.7. The lowest BCUT2D eigenvalue weighted by molar-refractivity contribution is -0.00830. The molecule has 0 amide bonds. The van der Waals surface area contributed by atoms with Crippen molar-refractivity contribution in [1.29, 1.82) is 0 Å². The van der Waals surface area contributed by atoms with Gasteiger partial charge in [0.05, 0.1) is 20.3 Å². The van der Waals surface area contributed by atoms with Crippen LogP contribution in [0.2, 0.25) is 0 Å². The molecule has 1 aliphatic heterocycles. The van der Waals surface area contributed by atoms with Gasteiger partial charge in [-0.2, -0.15) is 0 Å². The molecule has 1 atom stereocenters. The van der Waals surface area contributed by atoms with Gasteiger partial charge in [0.1, 0.15) is 17.6 Å². The van der Waals surface area contributed by atoms with Crippen molar-refractivity contribution in [3.63, 3.8) is 0 Å². The predicted octanol–water partition coefficient (Wildman–Crippen LogP) is 3.83. The largest absolute Gasteiger partial charge is 0.508 e. The first kappa shape index (κ1) is 24.3. The number of hydrogen-bond donors (Lipinski definition) is 2. The summed E-state index contributed by atoms with van der Waals surface area (Å²) in [7, 11) is 3.39. The Labute approximate surface area is 196 Å². The number of phenols is 1. The Bertz CT molecular complexity index is 873. The molecule has 0 bridgehead atoms. The molecule has 1 aliphatic rings. The maximum absolute atomic E-state index is 10.1. The lowest BCUT2D eigenvalue weighted by Crippen LogP contribution is -2.48. The van der Waals surface area contributed by atoms with E-state index in [1.54, 1.807) is 20.2 Å². The summed E-state index contributed by atoms with van der Waals surface area (Å²) in [6.07, 6.45) is 0.730. The van der Waals surface area contributed by atoms with Crippen molar-refractivity contribution >= 4 is 29.9 Å². The quantitative estimate of drug-likeness (QED) is 0.353. The Hall–Kier alpha value is -2.00. The van der Waals surface area contributed by atoms with Gasteiger partial charge in [-0.1, -0.05) is 29.8 Å². The summed E-state index contributed by atoms with van der Waals surface area (Å²) in [5.74, 6) is 1.76. The van der Waals surface area contributed by atoms with Crippen LogP contribution in [0.15, 0.2) is 41.4 Å². The van der Waals surface area contributed by atoms with Crippen LogP contribution in [-0.2, 0) is 11.2 Å². The first-order valence-electron chi connectivity index (χ1n) is 10.0. The first-order valence-corrected chi connectivity index (χ1v) is 10.0. The molecule has 0 spiro atoms. The number of hydrogen-bond acceptors (Lipinski definition) is 4. The standard InChI is InChI=1S/C23H31N3O3.HI/c1-16-5-8-20(17(2)13-16)22-15-26(11-12-29-22)23(24-3)25-10-9-18-6-7-19(28-4)14-21(18)27;/h5-8,13-14,22,27H,9-12,15H2,1-4H3,(H,24,25);1H. The fraction of sp³-hybridized carbons (Fsp3) is 0.435. The second kappa shape index (κ2) is 11.4. The van der Waals surface area contributed by atoms with Crippen molar-refractivity contribution in [2.24, 2.45) is 4.99 Å². The van der Waals surface area contributed by atoms with Crippen molar-refractivity contribution in [3.8, 4) is 11.5 Å². The van der Waals surface area contributed by atoms with Gasteiger partial charge in [0.2, 0.25) is 0 Å². The average molecular weight is 525 g/mol. The number of ether oxygens (including phenoxy) is 2. The molecule has 2 N–H and O–H groups in total. The molecule has 3 rings (SSSR count). The number of phenolic OH excluding ortho intramolecular Hbond substituents is 1. The number of nitrogens with zero attached hydrogens (tertiary/aromatic N) is 2. The molecule has 0 radical (unpaired) electrons. The van der Waals surface area contributed by atoms with Gasteiger partial charge in [0.25, 0.3) is 0 Å². The van der Waals surface area contributed by atoms with E-state index in [0.717, 1.165) is 24.6 Å². The molecular weight excluding hydrogens is 493 g/mol. The van der Waals surface area contributed by atoms with E-state index < -0.39 is 0 Å². The molecule has 0 aliphatic carbocycles. The molecule has 0 aromatic heterocycles. The van der Waals surface area contributed by atoms with Crippen LogP contribution < -0.4 is 10.1 Å². The topological polar surface area (TPSA) is 66.3 Å². The minimum Gasteiger partial charge on any atom is -0.508 e. The molecule has 164 valence electrons. The smallest absolute Gasteiger partial charge is 0.193 e. The highest BCUT2D eigenvalue weighted by Crippen LogP contribution is 2.26. The number of nitrogens with one attached hydrogen (secondary N) is 1. The Morgan fingerprint density at radius 1 is 1.27 bits per heavy atom. The van der Waals surface area contributed by atoms with Crippen LogP contribution >= 0.6 is 24.0 Å². The van der Waals surface area contributed by atoms with E-state index in [0.29, 0.717) is 25.3 Å². The number of aliphatic imine (C=N–C) groups is 1. The van der Waals surface area contributed by atoms with Gasteiger partial charge in [-0.15, -0.1) is 24.0 Å². The Kier molecular flexibility index (Phi) is 9.23. The molecule has 2 aromatic carbocycles. The van der Waals surface area contributed by atoms with Crippen LogP contribution in [0, 0.1) is 13.8 Å². The number of guanidine groups is 1. The number of aryl methyl sites for hydroxylation is 2. The number of methoxy groups -OCH3 is 1. The maximum atomic E-state index is 10.1. The van der Waals surface area contributed by atoms with E-state index in [9.17, 15) is 5.11 Å². The van der Waals surface area contributed by atoms with Crippen molar-refractivity contribution in [1.82, 2.24) is 10.2 Å². The van der Waals surface area contributed by atoms with Gasteiger partial charge in [0, 0.05) is 26.2 Å². The van der Waals surface area contributed by atoms with Gasteiger partial charge in [-0.3, -0.25) is 4.99 Å². The predicted molar refractivity (Wildman–Crippen MR) is 131 cm³/mol. The molecule has 2 aromatic rings. The molecule has 1 heterocycles. The number of aromatic hydroxyl groups is 1. The summed E-state index contributed by atoms with van der Waals surface area (Å²) in [5.41, 5.74) is 4.63. The van der Waals surface area contributed by atoms with Crippen LogP contribution in [0.5, 0.6) is 11.5 Å². The zero-order valence-electron chi connectivity index (χ0n) is 18.1. The monoisotopic (exact) mass is 525 g/mol. The van der Waals surface area contributed by atoms with E-state index in [4.69, 9.17) is 9.47 Å². The highest BCUT2D eigenvalue weighted by molar-refractivity contribution is 14.0. The molecule has 0 saturated carbocycles. The minimum atomic E-state index is 0. The van der Waals surface area contributed by atoms with Crippen molar-refractivity contribution in [2.45, 2.75) is 26.4 Å². The SMILES string of the molecule is CN=C(NCCc1ccc(OC)cc1O)N1CCOC(c2ccc(C)cc2C)C1.I. The van der Waals surface area contributed by atoms with Crippen LogP contribution in [0.1, 0.15) is 28.4 Å². The van der Waals surface area contributed by atoms with Crippen LogP contribution in [0.3, 0.4) is 0 Å². The van der Waals surface area contributed by atoms with Gasteiger partial charge in [-0.25, -0.2) is 0 Å². The maximum Gasteiger partial charge on any atom is 0.193 e. The summed E-state index contributed by atoms with van der Waals surface area (Å²) < 4.78 is 11.2. The van der Waals surface area contributed by atoms with E-state index in [1.165, 1.54) is 16.7 Å². The number of benzene rings is 2. The van der Waals surface area contributed by atoms with Crippen LogP contribution in [0.25, 0.3) is 0 Å². The molecule has 1 saturated heterocycles. The highest BCUT2D eigenvalue weighted by Gasteiger charge is 2.25. The number of halogens is 1. The molecule has 7 heteroatoms. The minimum absolute atomic E-state index is 0. The average Bonchev–Trinajstić information content (AvgIpc) is 2.72. The van der Waals surface area contributed by atoms with E-state index in [2.05, 4.69) is 47.3 Å². The lowest BCUT2D eigenvalue weighted by Gasteiger charge is -2.36. The third-order valence-corrected chi connectivity index (χ3v) is 5.32. The van der Waals surface area contributed by atoms with E-state index >= 15 is 0 Å². The Morgan fingerprint density at radius 3 is 2.73 bits per heavy atom. The fourth-order valence-electron chi connectivity index (χ4n) is 3.74. The van der Waals surface area contributed by atoms with Crippen molar-refractivity contribution < 1.29 is 14.6 Å². The molecular formula is C23H32IN3O3. The third kappa shape index (κ3) is 6.01. The van der Waals surface area contributed by atoms with Gasteiger partial charge in [0.15, 0.2) is 5.96 Å². The zero-order chi connectivity index (χ0) is 20.8.